The molecule has 198 valence electrons. The van der Waals surface area contributed by atoms with Crippen molar-refractivity contribution in [1.29, 1.82) is 0 Å². The molecule has 0 aromatic carbocycles. The predicted octanol–water partition coefficient (Wildman–Crippen LogP) is -2.72. The lowest BCUT2D eigenvalue weighted by Gasteiger charge is -2.48. The number of aliphatic hydroxyl groups is 4. The zero-order valence-electron chi connectivity index (χ0n) is 19.5. The maximum Gasteiger partial charge on any atom is 0.335 e. The van der Waals surface area contributed by atoms with Crippen LogP contribution in [-0.2, 0) is 28.5 Å². The first kappa shape index (κ1) is 28.8. The average molecular weight is 497 g/mol. The second-order valence-electron chi connectivity index (χ2n) is 9.62. The smallest absolute Gasteiger partial charge is 0.335 e. The Bertz CT molecular complexity index is 729. The summed E-state index contributed by atoms with van der Waals surface area (Å²) in [7, 11) is 0. The van der Waals surface area contributed by atoms with Gasteiger partial charge < -0.3 is 61.1 Å². The molecule has 0 aromatic rings. The number of nitrogens with two attached hydrogens (primary N) is 2. The van der Waals surface area contributed by atoms with Crippen LogP contribution in [0.5, 0.6) is 0 Å². The second kappa shape index (κ2) is 10.7. The van der Waals surface area contributed by atoms with Crippen molar-refractivity contribution in [3.63, 3.8) is 0 Å². The Kier molecular flexibility index (Phi) is 9.02. The number of aliphatic hydroxyl groups excluding tert-OH is 4. The summed E-state index contributed by atoms with van der Waals surface area (Å²) in [5, 5.41) is 61.4. The maximum absolute atomic E-state index is 11.8. The fourth-order valence-corrected chi connectivity index (χ4v) is 4.28. The van der Waals surface area contributed by atoms with Crippen LogP contribution in [0.4, 0.5) is 0 Å². The average Bonchev–Trinajstić information content (AvgIpc) is 2.68. The number of aliphatic carboxylic acids is 2. The van der Waals surface area contributed by atoms with Crippen molar-refractivity contribution in [2.75, 3.05) is 0 Å². The van der Waals surface area contributed by atoms with Crippen LogP contribution in [0.1, 0.15) is 40.5 Å². The van der Waals surface area contributed by atoms with E-state index in [0.717, 1.165) is 0 Å². The fraction of sp³-hybridized carbons (Fsp3) is 0.900. The van der Waals surface area contributed by atoms with Gasteiger partial charge in [0.2, 0.25) is 0 Å². The molecule has 11 unspecified atom stereocenters. The van der Waals surface area contributed by atoms with Gasteiger partial charge in [0.25, 0.3) is 0 Å². The summed E-state index contributed by atoms with van der Waals surface area (Å²) in [6.45, 7) is 6.20. The van der Waals surface area contributed by atoms with E-state index in [0.29, 0.717) is 12.8 Å². The Hall–Kier alpha value is -1.46. The van der Waals surface area contributed by atoms with Crippen LogP contribution in [0.3, 0.4) is 0 Å². The van der Waals surface area contributed by atoms with E-state index in [4.69, 9.17) is 30.4 Å². The molecule has 2 rings (SSSR count). The number of carbonyl (C=O) groups is 2. The minimum absolute atomic E-state index is 0.336. The number of hydrogen-bond donors (Lipinski definition) is 8. The molecule has 2 fully saturated rings. The third-order valence-electron chi connectivity index (χ3n) is 5.92. The van der Waals surface area contributed by atoms with Crippen molar-refractivity contribution >= 4 is 11.9 Å². The van der Waals surface area contributed by atoms with Crippen LogP contribution in [0.15, 0.2) is 0 Å². The Morgan fingerprint density at radius 3 is 1.82 bits per heavy atom. The number of hydrogen-bond acceptors (Lipinski definition) is 12. The van der Waals surface area contributed by atoms with Crippen LogP contribution in [0.2, 0.25) is 0 Å². The van der Waals surface area contributed by atoms with Gasteiger partial charge in [0.1, 0.15) is 30.1 Å². The second-order valence-corrected chi connectivity index (χ2v) is 9.62. The highest BCUT2D eigenvalue weighted by atomic mass is 16.7. The molecule has 2 aliphatic rings. The van der Waals surface area contributed by atoms with Gasteiger partial charge in [0.15, 0.2) is 24.8 Å². The number of carboxylic acid groups (broad SMARTS) is 2. The van der Waals surface area contributed by atoms with Crippen molar-refractivity contribution in [1.82, 2.24) is 0 Å². The van der Waals surface area contributed by atoms with E-state index < -0.39 is 84.4 Å². The lowest BCUT2D eigenvalue weighted by Crippen LogP contribution is -2.68. The molecule has 11 atom stereocenters. The summed E-state index contributed by atoms with van der Waals surface area (Å²) in [4.78, 5) is 23.6. The molecule has 0 amide bonds. The van der Waals surface area contributed by atoms with Gasteiger partial charge in [-0.05, 0) is 27.2 Å². The number of ether oxygens (including phenoxy) is 4. The fourth-order valence-electron chi connectivity index (χ4n) is 4.28. The molecular weight excluding hydrogens is 460 g/mol. The monoisotopic (exact) mass is 496 g/mol. The highest BCUT2D eigenvalue weighted by Crippen LogP contribution is 2.36. The SMILES string of the molecule is CCCC(C)(N)OC1OC(C(=O)O)C(OC2OC(C(=O)O)C(C(C)(C)N)C(O)C2O)C(O)C1O. The van der Waals surface area contributed by atoms with Gasteiger partial charge >= 0.3 is 11.9 Å². The third-order valence-corrected chi connectivity index (χ3v) is 5.92. The lowest BCUT2D eigenvalue weighted by molar-refractivity contribution is -0.358. The van der Waals surface area contributed by atoms with Crippen molar-refractivity contribution < 1.29 is 59.2 Å². The zero-order valence-corrected chi connectivity index (χ0v) is 19.5. The highest BCUT2D eigenvalue weighted by molar-refractivity contribution is 5.74. The minimum Gasteiger partial charge on any atom is -0.479 e. The van der Waals surface area contributed by atoms with Crippen molar-refractivity contribution in [3.8, 4) is 0 Å². The molecule has 0 spiro atoms. The summed E-state index contributed by atoms with van der Waals surface area (Å²) in [6, 6.07) is 0. The van der Waals surface area contributed by atoms with Crippen LogP contribution >= 0.6 is 0 Å². The molecule has 2 heterocycles. The van der Waals surface area contributed by atoms with E-state index in [1.165, 1.54) is 20.8 Å². The van der Waals surface area contributed by atoms with Gasteiger partial charge in [0, 0.05) is 11.5 Å². The summed E-state index contributed by atoms with van der Waals surface area (Å²) in [6.07, 6.45) is -15.5. The van der Waals surface area contributed by atoms with Crippen molar-refractivity contribution in [3.05, 3.63) is 0 Å². The normalized spacial score (nSPS) is 41.0. The Morgan fingerprint density at radius 2 is 1.35 bits per heavy atom. The van der Waals surface area contributed by atoms with Gasteiger partial charge in [-0.3, -0.25) is 0 Å². The molecule has 0 saturated carbocycles. The van der Waals surface area contributed by atoms with Crippen LogP contribution in [0.25, 0.3) is 0 Å². The topological polar surface area (TPSA) is 244 Å². The molecule has 14 heteroatoms. The summed E-state index contributed by atoms with van der Waals surface area (Å²) in [5.41, 5.74) is 9.34. The van der Waals surface area contributed by atoms with Gasteiger partial charge in [-0.2, -0.15) is 0 Å². The number of rotatable bonds is 9. The molecular formula is C20H36N2O12. The molecule has 0 aliphatic carbocycles. The van der Waals surface area contributed by atoms with Gasteiger partial charge in [-0.25, -0.2) is 9.59 Å². The third kappa shape index (κ3) is 6.20. The van der Waals surface area contributed by atoms with E-state index in [1.54, 1.807) is 0 Å². The Balaban J connectivity index is 2.27. The molecule has 10 N–H and O–H groups in total. The molecule has 14 nitrogen and oxygen atoms in total. The molecule has 34 heavy (non-hydrogen) atoms. The standard InChI is InChI=1S/C20H36N2O12/c1-5-6-20(4,22)34-18-11(26)9(24)13(14(33-18)16(29)30)32-17-10(25)8(23)7(19(2,3)21)12(31-17)15(27)28/h7-14,17-18,23-26H,5-6,21-22H2,1-4H3,(H,27,28)(H,29,30). The molecule has 0 bridgehead atoms. The first-order valence-electron chi connectivity index (χ1n) is 10.9. The Labute approximate surface area is 196 Å². The predicted molar refractivity (Wildman–Crippen MR) is 112 cm³/mol. The highest BCUT2D eigenvalue weighted by Gasteiger charge is 2.56. The van der Waals surface area contributed by atoms with Crippen LogP contribution < -0.4 is 11.5 Å². The summed E-state index contributed by atoms with van der Waals surface area (Å²) < 4.78 is 21.5. The van der Waals surface area contributed by atoms with E-state index in [2.05, 4.69) is 0 Å². The maximum atomic E-state index is 11.8. The largest absolute Gasteiger partial charge is 0.479 e. The van der Waals surface area contributed by atoms with Gasteiger partial charge in [-0.15, -0.1) is 0 Å². The minimum atomic E-state index is -1.93. The van der Waals surface area contributed by atoms with Crippen molar-refractivity contribution in [2.45, 2.75) is 107 Å². The summed E-state index contributed by atoms with van der Waals surface area (Å²) in [5.74, 6) is -4.38. The molecule has 2 aliphatic heterocycles. The van der Waals surface area contributed by atoms with Crippen LogP contribution in [0, 0.1) is 5.92 Å². The number of carboxylic acids is 2. The van der Waals surface area contributed by atoms with Crippen molar-refractivity contribution in [2.24, 2.45) is 17.4 Å². The van der Waals surface area contributed by atoms with E-state index in [-0.39, 0.29) is 0 Å². The van der Waals surface area contributed by atoms with E-state index in [1.807, 2.05) is 6.92 Å². The summed E-state index contributed by atoms with van der Waals surface area (Å²) >= 11 is 0. The molecule has 0 radical (unpaired) electrons. The van der Waals surface area contributed by atoms with Gasteiger partial charge in [-0.1, -0.05) is 13.3 Å². The molecule has 0 aromatic heterocycles. The van der Waals surface area contributed by atoms with Gasteiger partial charge in [0.05, 0.1) is 6.10 Å². The van der Waals surface area contributed by atoms with E-state index >= 15 is 0 Å². The van der Waals surface area contributed by atoms with Crippen LogP contribution in [-0.4, -0.2) is 109 Å². The zero-order chi connectivity index (χ0) is 26.2. The lowest BCUT2D eigenvalue weighted by atomic mass is 9.76. The molecule has 2 saturated heterocycles. The van der Waals surface area contributed by atoms with E-state index in [9.17, 15) is 40.2 Å². The first-order chi connectivity index (χ1) is 15.5. The Morgan fingerprint density at radius 1 is 0.853 bits per heavy atom. The first-order valence-corrected chi connectivity index (χ1v) is 10.9. The quantitative estimate of drug-likeness (QED) is 0.151.